The van der Waals surface area contributed by atoms with Crippen LogP contribution in [-0.4, -0.2) is 26.8 Å². The third kappa shape index (κ3) is 5.41. The molecule has 8 nitrogen and oxygen atoms in total. The summed E-state index contributed by atoms with van der Waals surface area (Å²) < 4.78 is 1.24. The summed E-state index contributed by atoms with van der Waals surface area (Å²) in [5.74, 6) is -1.42. The number of aromatic nitrogens is 1. The molecule has 1 unspecified atom stereocenters. The molecule has 0 spiro atoms. The van der Waals surface area contributed by atoms with Crippen LogP contribution in [0.25, 0.3) is 11.1 Å². The van der Waals surface area contributed by atoms with Crippen molar-refractivity contribution in [1.82, 2.24) is 9.88 Å². The molecular weight excluding hydrogens is 422 g/mol. The first-order chi connectivity index (χ1) is 15.7. The van der Waals surface area contributed by atoms with Gasteiger partial charge in [0.05, 0.1) is 12.5 Å². The summed E-state index contributed by atoms with van der Waals surface area (Å²) in [5, 5.41) is 24.6. The maximum atomic E-state index is 12.7. The van der Waals surface area contributed by atoms with Gasteiger partial charge >= 0.3 is 12.0 Å². The Morgan fingerprint density at radius 1 is 1.12 bits per heavy atom. The largest absolute Gasteiger partial charge is 0.505 e. The van der Waals surface area contributed by atoms with Gasteiger partial charge in [0.15, 0.2) is 5.69 Å². The lowest BCUT2D eigenvalue weighted by atomic mass is 9.94. The fraction of sp³-hybridized carbons (Fsp3) is 0.240. The lowest BCUT2D eigenvalue weighted by molar-refractivity contribution is -0.137. The molecule has 0 aliphatic heterocycles. The fourth-order valence-corrected chi connectivity index (χ4v) is 3.77. The van der Waals surface area contributed by atoms with E-state index < -0.39 is 23.6 Å². The van der Waals surface area contributed by atoms with Gasteiger partial charge in [-0.25, -0.2) is 4.79 Å². The first-order valence-corrected chi connectivity index (χ1v) is 10.6. The van der Waals surface area contributed by atoms with Crippen LogP contribution in [-0.2, 0) is 18.3 Å². The van der Waals surface area contributed by atoms with E-state index in [0.29, 0.717) is 11.1 Å². The van der Waals surface area contributed by atoms with E-state index in [0.717, 1.165) is 23.1 Å². The standard InChI is InChI=1S/C25H27N3O5/c1-4-16-8-5-6-11-19(16)17-9-7-10-18(12-17)20(13-21(29)30)26-25(33)27-22-23(31)15(2)14-28(3)24(22)32/h5-12,14,20,31H,4,13H2,1-3H3,(H,29,30)(H2,26,27,33). The maximum Gasteiger partial charge on any atom is 0.319 e. The summed E-state index contributed by atoms with van der Waals surface area (Å²) in [5.41, 5.74) is 3.27. The third-order valence-corrected chi connectivity index (χ3v) is 5.45. The van der Waals surface area contributed by atoms with E-state index in [9.17, 15) is 24.6 Å². The molecule has 3 aromatic rings. The molecule has 8 heteroatoms. The van der Waals surface area contributed by atoms with E-state index in [4.69, 9.17) is 0 Å². The molecule has 0 saturated heterocycles. The summed E-state index contributed by atoms with van der Waals surface area (Å²) in [6, 6.07) is 13.6. The SMILES string of the molecule is CCc1ccccc1-c1cccc(C(CC(=O)O)NC(=O)Nc2c(O)c(C)cn(C)c2=O)c1. The van der Waals surface area contributed by atoms with Gasteiger partial charge in [0, 0.05) is 18.8 Å². The zero-order chi connectivity index (χ0) is 24.1. The number of urea groups is 1. The second-order valence-electron chi connectivity index (χ2n) is 7.84. The number of aromatic hydroxyl groups is 1. The Morgan fingerprint density at radius 3 is 2.55 bits per heavy atom. The maximum absolute atomic E-state index is 12.7. The van der Waals surface area contributed by atoms with Crippen molar-refractivity contribution in [3.8, 4) is 16.9 Å². The smallest absolute Gasteiger partial charge is 0.319 e. The van der Waals surface area contributed by atoms with Gasteiger partial charge in [0.2, 0.25) is 0 Å². The van der Waals surface area contributed by atoms with E-state index in [-0.39, 0.29) is 17.9 Å². The van der Waals surface area contributed by atoms with Gasteiger partial charge in [-0.3, -0.25) is 9.59 Å². The number of aryl methyl sites for hydroxylation is 3. The number of aliphatic carboxylic acids is 1. The number of benzene rings is 2. The molecule has 2 aromatic carbocycles. The highest BCUT2D eigenvalue weighted by atomic mass is 16.4. The molecular formula is C25H27N3O5. The van der Waals surface area contributed by atoms with Crippen LogP contribution in [0.5, 0.6) is 5.75 Å². The van der Waals surface area contributed by atoms with Gasteiger partial charge in [-0.2, -0.15) is 0 Å². The Labute approximate surface area is 191 Å². The molecule has 1 atom stereocenters. The molecule has 0 saturated carbocycles. The molecule has 3 rings (SSSR count). The van der Waals surface area contributed by atoms with Crippen molar-refractivity contribution >= 4 is 17.7 Å². The van der Waals surface area contributed by atoms with Crippen molar-refractivity contribution in [3.63, 3.8) is 0 Å². The van der Waals surface area contributed by atoms with Crippen molar-refractivity contribution in [2.45, 2.75) is 32.7 Å². The predicted octanol–water partition coefficient (Wildman–Crippen LogP) is 3.97. The van der Waals surface area contributed by atoms with Crippen molar-refractivity contribution < 1.29 is 19.8 Å². The van der Waals surface area contributed by atoms with Gasteiger partial charge in [-0.15, -0.1) is 0 Å². The molecule has 172 valence electrons. The van der Waals surface area contributed by atoms with Crippen molar-refractivity contribution in [2.75, 3.05) is 5.32 Å². The number of nitrogens with one attached hydrogen (secondary N) is 2. The molecule has 0 radical (unpaired) electrons. The number of rotatable bonds is 7. The zero-order valence-electron chi connectivity index (χ0n) is 18.8. The summed E-state index contributed by atoms with van der Waals surface area (Å²) >= 11 is 0. The van der Waals surface area contributed by atoms with E-state index >= 15 is 0 Å². The van der Waals surface area contributed by atoms with Crippen molar-refractivity contribution in [3.05, 3.63) is 81.8 Å². The minimum absolute atomic E-state index is 0.269. The number of nitrogens with zero attached hydrogens (tertiary/aromatic N) is 1. The van der Waals surface area contributed by atoms with Crippen LogP contribution in [0, 0.1) is 6.92 Å². The van der Waals surface area contributed by atoms with Gasteiger partial charge in [0.25, 0.3) is 5.56 Å². The van der Waals surface area contributed by atoms with E-state index in [2.05, 4.69) is 17.6 Å². The molecule has 1 aromatic heterocycles. The van der Waals surface area contributed by atoms with Crippen LogP contribution < -0.4 is 16.2 Å². The topological polar surface area (TPSA) is 121 Å². The second kappa shape index (κ2) is 10.0. The average molecular weight is 450 g/mol. The van der Waals surface area contributed by atoms with Crippen LogP contribution >= 0.6 is 0 Å². The summed E-state index contributed by atoms with van der Waals surface area (Å²) in [4.78, 5) is 36.5. The monoisotopic (exact) mass is 449 g/mol. The summed E-state index contributed by atoms with van der Waals surface area (Å²) in [7, 11) is 1.50. The number of pyridine rings is 1. The molecule has 0 fully saturated rings. The molecule has 0 aliphatic rings. The number of carbonyl (C=O) groups excluding carboxylic acids is 1. The highest BCUT2D eigenvalue weighted by Gasteiger charge is 2.21. The third-order valence-electron chi connectivity index (χ3n) is 5.45. The first-order valence-electron chi connectivity index (χ1n) is 10.6. The number of anilines is 1. The first kappa shape index (κ1) is 23.6. The number of carboxylic acid groups (broad SMARTS) is 1. The Hall–Kier alpha value is -4.07. The Kier molecular flexibility index (Phi) is 7.17. The van der Waals surface area contributed by atoms with E-state index in [1.165, 1.54) is 17.8 Å². The Bertz CT molecular complexity index is 1250. The predicted molar refractivity (Wildman–Crippen MR) is 126 cm³/mol. The molecule has 1 heterocycles. The number of carboxylic acids is 1. The molecule has 0 bridgehead atoms. The van der Waals surface area contributed by atoms with Gasteiger partial charge in [-0.05, 0) is 41.7 Å². The van der Waals surface area contributed by atoms with Gasteiger partial charge in [0.1, 0.15) is 5.75 Å². The average Bonchev–Trinajstić information content (AvgIpc) is 2.80. The van der Waals surface area contributed by atoms with Crippen molar-refractivity contribution in [2.24, 2.45) is 7.05 Å². The van der Waals surface area contributed by atoms with Crippen LogP contribution in [0.1, 0.15) is 36.1 Å². The number of carbonyl (C=O) groups is 2. The normalized spacial score (nSPS) is 11.6. The summed E-state index contributed by atoms with van der Waals surface area (Å²) in [6.45, 7) is 3.66. The minimum Gasteiger partial charge on any atom is -0.505 e. The quantitative estimate of drug-likeness (QED) is 0.435. The Morgan fingerprint density at radius 2 is 1.85 bits per heavy atom. The number of amides is 2. The van der Waals surface area contributed by atoms with Crippen LogP contribution in [0.2, 0.25) is 0 Å². The highest BCUT2D eigenvalue weighted by Crippen LogP contribution is 2.28. The van der Waals surface area contributed by atoms with Crippen LogP contribution in [0.15, 0.2) is 59.5 Å². The highest BCUT2D eigenvalue weighted by molar-refractivity contribution is 5.91. The lowest BCUT2D eigenvalue weighted by Gasteiger charge is -2.20. The molecule has 2 amide bonds. The van der Waals surface area contributed by atoms with Crippen molar-refractivity contribution in [1.29, 1.82) is 0 Å². The van der Waals surface area contributed by atoms with Crippen LogP contribution in [0.4, 0.5) is 10.5 Å². The van der Waals surface area contributed by atoms with E-state index in [1.54, 1.807) is 13.0 Å². The lowest BCUT2D eigenvalue weighted by Crippen LogP contribution is -2.36. The van der Waals surface area contributed by atoms with Gasteiger partial charge in [-0.1, -0.05) is 49.4 Å². The number of hydrogen-bond donors (Lipinski definition) is 4. The molecule has 33 heavy (non-hydrogen) atoms. The zero-order valence-corrected chi connectivity index (χ0v) is 18.8. The summed E-state index contributed by atoms with van der Waals surface area (Å²) in [6.07, 6.45) is 1.94. The van der Waals surface area contributed by atoms with E-state index in [1.807, 2.05) is 42.5 Å². The second-order valence-corrected chi connectivity index (χ2v) is 7.84. The van der Waals surface area contributed by atoms with Gasteiger partial charge < -0.3 is 25.4 Å². The molecule has 0 aliphatic carbocycles. The number of hydrogen-bond acceptors (Lipinski definition) is 4. The van der Waals surface area contributed by atoms with Crippen LogP contribution in [0.3, 0.4) is 0 Å². The fourth-order valence-electron chi connectivity index (χ4n) is 3.77. The Balaban J connectivity index is 1.91. The minimum atomic E-state index is -1.09. The molecule has 4 N–H and O–H groups in total.